The summed E-state index contributed by atoms with van der Waals surface area (Å²) in [6.45, 7) is 3.03. The summed E-state index contributed by atoms with van der Waals surface area (Å²) < 4.78 is 43.4. The summed E-state index contributed by atoms with van der Waals surface area (Å²) in [6.07, 6.45) is -1.62. The van der Waals surface area contributed by atoms with Crippen LogP contribution in [0.15, 0.2) is 35.1 Å². The van der Waals surface area contributed by atoms with Crippen LogP contribution in [-0.2, 0) is 10.9 Å². The normalized spacial score (nSPS) is 15.7. The molecule has 132 valence electrons. The number of halogens is 3. The van der Waals surface area contributed by atoms with E-state index in [-0.39, 0.29) is 5.69 Å². The number of nitrogens with one attached hydrogen (secondary N) is 1. The summed E-state index contributed by atoms with van der Waals surface area (Å²) >= 11 is 0. The number of aromatic nitrogens is 2. The molecule has 1 aliphatic heterocycles. The molecule has 25 heavy (non-hydrogen) atoms. The van der Waals surface area contributed by atoms with Gasteiger partial charge in [0, 0.05) is 18.8 Å². The van der Waals surface area contributed by atoms with Crippen LogP contribution in [0.25, 0.3) is 12.2 Å². The Morgan fingerprint density at radius 2 is 1.80 bits per heavy atom. The smallest absolute Gasteiger partial charge is 0.378 e. The van der Waals surface area contributed by atoms with Crippen LogP contribution >= 0.6 is 0 Å². The standard InChI is InChI=1S/C17H16F3N3O2/c18-17(19,20)15-11-13(21-16(24)22-15)4-1-12-2-5-14(6-3-12)23-7-9-25-10-8-23/h1-6,11H,7-10H2,(H,21,22,24). The number of hydrogen-bond donors (Lipinski definition) is 1. The average molecular weight is 351 g/mol. The second kappa shape index (κ2) is 7.10. The molecule has 1 fully saturated rings. The third-order valence-electron chi connectivity index (χ3n) is 3.79. The van der Waals surface area contributed by atoms with E-state index in [9.17, 15) is 18.0 Å². The highest BCUT2D eigenvalue weighted by Crippen LogP contribution is 2.27. The molecule has 8 heteroatoms. The minimum atomic E-state index is -4.62. The predicted octanol–water partition coefficient (Wildman–Crippen LogP) is 2.80. The van der Waals surface area contributed by atoms with E-state index in [1.165, 1.54) is 6.08 Å². The second-order valence-corrected chi connectivity index (χ2v) is 5.55. The Kier molecular flexibility index (Phi) is 4.89. The molecule has 2 aromatic rings. The lowest BCUT2D eigenvalue weighted by Crippen LogP contribution is -2.36. The molecule has 0 spiro atoms. The molecule has 0 bridgehead atoms. The zero-order valence-electron chi connectivity index (χ0n) is 13.2. The lowest BCUT2D eigenvalue weighted by molar-refractivity contribution is -0.141. The van der Waals surface area contributed by atoms with Crippen molar-refractivity contribution < 1.29 is 17.9 Å². The van der Waals surface area contributed by atoms with Gasteiger partial charge in [-0.3, -0.25) is 0 Å². The monoisotopic (exact) mass is 351 g/mol. The fourth-order valence-corrected chi connectivity index (χ4v) is 2.51. The summed E-state index contributed by atoms with van der Waals surface area (Å²) in [6, 6.07) is 8.41. The van der Waals surface area contributed by atoms with Crippen LogP contribution < -0.4 is 10.6 Å². The van der Waals surface area contributed by atoms with Gasteiger partial charge in [0.15, 0.2) is 0 Å². The van der Waals surface area contributed by atoms with Gasteiger partial charge >= 0.3 is 11.9 Å². The quantitative estimate of drug-likeness (QED) is 0.924. The van der Waals surface area contributed by atoms with E-state index < -0.39 is 17.6 Å². The number of hydrogen-bond acceptors (Lipinski definition) is 4. The van der Waals surface area contributed by atoms with E-state index in [0.29, 0.717) is 13.2 Å². The molecule has 0 amide bonds. The summed E-state index contributed by atoms with van der Waals surface area (Å²) in [7, 11) is 0. The number of H-pyrrole nitrogens is 1. The van der Waals surface area contributed by atoms with Crippen LogP contribution in [-0.4, -0.2) is 36.3 Å². The van der Waals surface area contributed by atoms with Gasteiger partial charge in [0.05, 0.1) is 18.9 Å². The van der Waals surface area contributed by atoms with Crippen LogP contribution in [0.2, 0.25) is 0 Å². The minimum Gasteiger partial charge on any atom is -0.378 e. The highest BCUT2D eigenvalue weighted by Gasteiger charge is 2.32. The van der Waals surface area contributed by atoms with Crippen molar-refractivity contribution in [3.05, 3.63) is 57.8 Å². The number of anilines is 1. The van der Waals surface area contributed by atoms with Gasteiger partial charge in [-0.05, 0) is 29.8 Å². The molecule has 1 aromatic heterocycles. The van der Waals surface area contributed by atoms with Crippen molar-refractivity contribution in [2.45, 2.75) is 6.18 Å². The van der Waals surface area contributed by atoms with E-state index in [4.69, 9.17) is 4.74 Å². The van der Waals surface area contributed by atoms with Crippen LogP contribution in [0.3, 0.4) is 0 Å². The number of rotatable bonds is 3. The van der Waals surface area contributed by atoms with Gasteiger partial charge in [0.1, 0.15) is 5.69 Å². The molecule has 5 nitrogen and oxygen atoms in total. The van der Waals surface area contributed by atoms with Gasteiger partial charge in [-0.2, -0.15) is 18.2 Å². The van der Waals surface area contributed by atoms with Crippen molar-refractivity contribution in [1.82, 2.24) is 9.97 Å². The van der Waals surface area contributed by atoms with E-state index in [0.717, 1.165) is 30.4 Å². The summed E-state index contributed by atoms with van der Waals surface area (Å²) in [5.74, 6) is 0. The third-order valence-corrected chi connectivity index (χ3v) is 3.79. The van der Waals surface area contributed by atoms with Gasteiger partial charge in [0.25, 0.3) is 0 Å². The molecule has 1 N–H and O–H groups in total. The number of aromatic amines is 1. The molecule has 3 rings (SSSR count). The first-order chi connectivity index (χ1) is 11.9. The first-order valence-corrected chi connectivity index (χ1v) is 7.71. The predicted molar refractivity (Wildman–Crippen MR) is 88.3 cm³/mol. The van der Waals surface area contributed by atoms with Gasteiger partial charge in [0.2, 0.25) is 0 Å². The molecule has 0 radical (unpaired) electrons. The molecule has 1 aliphatic rings. The fraction of sp³-hybridized carbons (Fsp3) is 0.294. The topological polar surface area (TPSA) is 58.2 Å². The van der Waals surface area contributed by atoms with Crippen LogP contribution in [0.4, 0.5) is 18.9 Å². The van der Waals surface area contributed by atoms with Crippen molar-refractivity contribution in [3.63, 3.8) is 0 Å². The Hall–Kier alpha value is -2.61. The van der Waals surface area contributed by atoms with Crippen molar-refractivity contribution in [3.8, 4) is 0 Å². The maximum Gasteiger partial charge on any atom is 0.431 e. The van der Waals surface area contributed by atoms with Gasteiger partial charge in [-0.15, -0.1) is 0 Å². The van der Waals surface area contributed by atoms with Crippen molar-refractivity contribution >= 4 is 17.8 Å². The number of morpholine rings is 1. The first-order valence-electron chi connectivity index (χ1n) is 7.71. The minimum absolute atomic E-state index is 0.0478. The van der Waals surface area contributed by atoms with Crippen LogP contribution in [0, 0.1) is 0 Å². The number of alkyl halides is 3. The zero-order valence-corrected chi connectivity index (χ0v) is 13.2. The molecule has 0 saturated carbocycles. The summed E-state index contributed by atoms with van der Waals surface area (Å²) in [5.41, 5.74) is -0.331. The maximum absolute atomic E-state index is 12.7. The zero-order chi connectivity index (χ0) is 17.9. The Morgan fingerprint density at radius 3 is 2.44 bits per heavy atom. The molecule has 0 aliphatic carbocycles. The Labute approximate surface area is 141 Å². The number of ether oxygens (including phenoxy) is 1. The summed E-state index contributed by atoms with van der Waals surface area (Å²) in [5, 5.41) is 0. The molecular weight excluding hydrogens is 335 g/mol. The molecular formula is C17H16F3N3O2. The maximum atomic E-state index is 12.7. The fourth-order valence-electron chi connectivity index (χ4n) is 2.51. The average Bonchev–Trinajstić information content (AvgIpc) is 2.60. The van der Waals surface area contributed by atoms with Crippen LogP contribution in [0.5, 0.6) is 0 Å². The van der Waals surface area contributed by atoms with Crippen molar-refractivity contribution in [1.29, 1.82) is 0 Å². The molecule has 0 atom stereocenters. The van der Waals surface area contributed by atoms with Gasteiger partial charge < -0.3 is 14.6 Å². The van der Waals surface area contributed by atoms with Crippen LogP contribution in [0.1, 0.15) is 17.0 Å². The molecule has 0 unspecified atom stereocenters. The largest absolute Gasteiger partial charge is 0.431 e. The Bertz CT molecular complexity index is 807. The molecule has 1 saturated heterocycles. The Balaban J connectivity index is 1.76. The highest BCUT2D eigenvalue weighted by atomic mass is 19.4. The van der Waals surface area contributed by atoms with Crippen molar-refractivity contribution in [2.24, 2.45) is 0 Å². The third kappa shape index (κ3) is 4.48. The number of nitrogens with zero attached hydrogens (tertiary/aromatic N) is 2. The highest BCUT2D eigenvalue weighted by molar-refractivity contribution is 5.69. The SMILES string of the molecule is O=c1nc(C=Cc2ccc(N3CCOCC3)cc2)cc(C(F)(F)F)[nH]1. The molecule has 1 aromatic carbocycles. The van der Waals surface area contributed by atoms with E-state index in [2.05, 4.69) is 9.88 Å². The number of benzene rings is 1. The Morgan fingerprint density at radius 1 is 1.12 bits per heavy atom. The lowest BCUT2D eigenvalue weighted by Gasteiger charge is -2.28. The van der Waals surface area contributed by atoms with Crippen molar-refractivity contribution in [2.75, 3.05) is 31.2 Å². The van der Waals surface area contributed by atoms with E-state index in [1.807, 2.05) is 24.3 Å². The molecule has 2 heterocycles. The van der Waals surface area contributed by atoms with E-state index >= 15 is 0 Å². The first kappa shape index (κ1) is 17.2. The van der Waals surface area contributed by atoms with Gasteiger partial charge in [-0.1, -0.05) is 18.2 Å². The summed E-state index contributed by atoms with van der Waals surface area (Å²) in [4.78, 5) is 18.7. The lowest BCUT2D eigenvalue weighted by atomic mass is 10.1. The van der Waals surface area contributed by atoms with E-state index in [1.54, 1.807) is 11.1 Å². The second-order valence-electron chi connectivity index (χ2n) is 5.55. The van der Waals surface area contributed by atoms with Gasteiger partial charge in [-0.25, -0.2) is 4.79 Å².